The average Bonchev–Trinajstić information content (AvgIpc) is 2.71. The number of fused-ring (bicyclic) bond motifs is 2. The smallest absolute Gasteiger partial charge is 0.0991 e. The normalized spacial score (nSPS) is 16.5. The van der Waals surface area contributed by atoms with Gasteiger partial charge in [0.25, 0.3) is 0 Å². The third kappa shape index (κ3) is 3.27. The number of rotatable bonds is 3. The molecule has 1 unspecified atom stereocenters. The van der Waals surface area contributed by atoms with Crippen LogP contribution in [0.2, 0.25) is 0 Å². The minimum Gasteiger partial charge on any atom is -0.312 e. The van der Waals surface area contributed by atoms with Crippen molar-refractivity contribution in [1.29, 1.82) is 5.26 Å². The van der Waals surface area contributed by atoms with Crippen molar-refractivity contribution in [2.24, 2.45) is 0 Å². The maximum Gasteiger partial charge on any atom is 0.0991 e. The number of nitriles is 1. The summed E-state index contributed by atoms with van der Waals surface area (Å²) in [4.78, 5) is 0. The van der Waals surface area contributed by atoms with Crippen LogP contribution >= 0.6 is 0 Å². The van der Waals surface area contributed by atoms with E-state index in [1.165, 1.54) is 28.7 Å². The molecule has 0 radical (unpaired) electrons. The molecular formula is C24H22N2. The third-order valence-electron chi connectivity index (χ3n) is 5.27. The van der Waals surface area contributed by atoms with Gasteiger partial charge in [-0.05, 0) is 63.6 Å². The molecule has 4 rings (SSSR count). The fraction of sp³-hybridized carbons (Fsp3) is 0.208. The summed E-state index contributed by atoms with van der Waals surface area (Å²) in [6.45, 7) is 4.31. The van der Waals surface area contributed by atoms with Crippen molar-refractivity contribution in [3.05, 3.63) is 82.4 Å². The lowest BCUT2D eigenvalue weighted by Gasteiger charge is -2.25. The van der Waals surface area contributed by atoms with E-state index < -0.39 is 0 Å². The van der Waals surface area contributed by atoms with Crippen LogP contribution in [0.1, 0.15) is 47.1 Å². The molecule has 3 aromatic carbocycles. The summed E-state index contributed by atoms with van der Waals surface area (Å²) in [6.07, 6.45) is 5.53. The molecule has 1 aliphatic heterocycles. The Kier molecular flexibility index (Phi) is 4.56. The van der Waals surface area contributed by atoms with Crippen molar-refractivity contribution in [3.8, 4) is 6.07 Å². The molecule has 1 heterocycles. The van der Waals surface area contributed by atoms with E-state index in [4.69, 9.17) is 5.26 Å². The van der Waals surface area contributed by atoms with E-state index in [9.17, 15) is 0 Å². The molecule has 0 spiro atoms. The molecule has 0 saturated heterocycles. The van der Waals surface area contributed by atoms with Gasteiger partial charge in [-0.15, -0.1) is 0 Å². The monoisotopic (exact) mass is 338 g/mol. The Labute approximate surface area is 154 Å². The zero-order valence-electron chi connectivity index (χ0n) is 15.0. The molecular weight excluding hydrogens is 316 g/mol. The first-order valence-electron chi connectivity index (χ1n) is 9.22. The first kappa shape index (κ1) is 16.6. The van der Waals surface area contributed by atoms with Gasteiger partial charge >= 0.3 is 0 Å². The second kappa shape index (κ2) is 7.15. The summed E-state index contributed by atoms with van der Waals surface area (Å²) in [6, 6.07) is 21.2. The zero-order valence-corrected chi connectivity index (χ0v) is 15.0. The molecule has 0 bridgehead atoms. The maximum atomic E-state index is 9.02. The van der Waals surface area contributed by atoms with Crippen LogP contribution < -0.4 is 5.32 Å². The van der Waals surface area contributed by atoms with Crippen LogP contribution in [0.3, 0.4) is 0 Å². The summed E-state index contributed by atoms with van der Waals surface area (Å²) < 4.78 is 0. The minimum absolute atomic E-state index is 0.613. The molecule has 128 valence electrons. The Morgan fingerprint density at radius 2 is 1.73 bits per heavy atom. The van der Waals surface area contributed by atoms with E-state index in [1.54, 1.807) is 0 Å². The van der Waals surface area contributed by atoms with E-state index in [1.807, 2.05) is 18.2 Å². The van der Waals surface area contributed by atoms with Gasteiger partial charge in [0.2, 0.25) is 0 Å². The third-order valence-corrected chi connectivity index (χ3v) is 5.27. The highest BCUT2D eigenvalue weighted by molar-refractivity contribution is 5.87. The van der Waals surface area contributed by atoms with Crippen LogP contribution in [0.25, 0.3) is 22.9 Å². The molecule has 26 heavy (non-hydrogen) atoms. The summed E-state index contributed by atoms with van der Waals surface area (Å²) in [5.41, 5.74) is 6.06. The SMILES string of the molecule is CCC1CNCc2ccc(/C=C/c3ccc4cc(C#N)ccc4c3)cc21. The maximum absolute atomic E-state index is 9.02. The van der Waals surface area contributed by atoms with Gasteiger partial charge < -0.3 is 5.32 Å². The largest absolute Gasteiger partial charge is 0.312 e. The zero-order chi connectivity index (χ0) is 17.9. The highest BCUT2D eigenvalue weighted by Crippen LogP contribution is 2.28. The van der Waals surface area contributed by atoms with Crippen LogP contribution in [0.5, 0.6) is 0 Å². The minimum atomic E-state index is 0.613. The van der Waals surface area contributed by atoms with Crippen LogP contribution in [0.4, 0.5) is 0 Å². The van der Waals surface area contributed by atoms with Crippen molar-refractivity contribution >= 4 is 22.9 Å². The number of hydrogen-bond donors (Lipinski definition) is 1. The Morgan fingerprint density at radius 3 is 2.54 bits per heavy atom. The molecule has 0 saturated carbocycles. The lowest BCUT2D eigenvalue weighted by molar-refractivity contribution is 0.530. The van der Waals surface area contributed by atoms with Crippen LogP contribution in [0.15, 0.2) is 54.6 Å². The number of hydrogen-bond acceptors (Lipinski definition) is 2. The van der Waals surface area contributed by atoms with Gasteiger partial charge in [-0.2, -0.15) is 5.26 Å². The van der Waals surface area contributed by atoms with Gasteiger partial charge in [0.05, 0.1) is 11.6 Å². The number of benzene rings is 3. The van der Waals surface area contributed by atoms with Crippen molar-refractivity contribution < 1.29 is 0 Å². The van der Waals surface area contributed by atoms with Gasteiger partial charge in [0.15, 0.2) is 0 Å². The summed E-state index contributed by atoms with van der Waals surface area (Å²) in [5, 5.41) is 14.8. The number of nitrogens with one attached hydrogen (secondary N) is 1. The van der Waals surface area contributed by atoms with Gasteiger partial charge in [0.1, 0.15) is 0 Å². The molecule has 0 aromatic heterocycles. The average molecular weight is 338 g/mol. The van der Waals surface area contributed by atoms with E-state index in [2.05, 4.69) is 66.9 Å². The first-order valence-corrected chi connectivity index (χ1v) is 9.22. The van der Waals surface area contributed by atoms with Crippen molar-refractivity contribution in [1.82, 2.24) is 5.32 Å². The molecule has 0 aliphatic carbocycles. The fourth-order valence-corrected chi connectivity index (χ4v) is 3.74. The first-order chi connectivity index (χ1) is 12.8. The predicted octanol–water partition coefficient (Wildman–Crippen LogP) is 5.48. The topological polar surface area (TPSA) is 35.8 Å². The molecule has 0 amide bonds. The van der Waals surface area contributed by atoms with Crippen molar-refractivity contribution in [2.45, 2.75) is 25.8 Å². The summed E-state index contributed by atoms with van der Waals surface area (Å²) >= 11 is 0. The van der Waals surface area contributed by atoms with Gasteiger partial charge in [-0.1, -0.05) is 55.5 Å². The fourth-order valence-electron chi connectivity index (χ4n) is 3.74. The van der Waals surface area contributed by atoms with Crippen LogP contribution in [-0.4, -0.2) is 6.54 Å². The number of nitrogens with zero attached hydrogens (tertiary/aromatic N) is 1. The standard InChI is InChI=1S/C24H22N2/c1-2-20-15-26-16-23-10-6-18(13-24(20)23)4-3-17-5-8-22-12-19(14-25)7-9-21(22)11-17/h3-13,20,26H,2,15-16H2,1H3/b4-3+. The molecule has 1 atom stereocenters. The predicted molar refractivity (Wildman–Crippen MR) is 109 cm³/mol. The Hall–Kier alpha value is -2.89. The second-order valence-electron chi connectivity index (χ2n) is 6.96. The molecule has 0 fully saturated rings. The van der Waals surface area contributed by atoms with E-state index in [-0.39, 0.29) is 0 Å². The Morgan fingerprint density at radius 1 is 1.00 bits per heavy atom. The van der Waals surface area contributed by atoms with E-state index >= 15 is 0 Å². The Bertz CT molecular complexity index is 1020. The highest BCUT2D eigenvalue weighted by Gasteiger charge is 2.17. The molecule has 1 aliphatic rings. The summed E-state index contributed by atoms with van der Waals surface area (Å²) in [5.74, 6) is 0.613. The molecule has 1 N–H and O–H groups in total. The molecule has 2 heteroatoms. The Balaban J connectivity index is 1.62. The van der Waals surface area contributed by atoms with Crippen molar-refractivity contribution in [2.75, 3.05) is 6.54 Å². The van der Waals surface area contributed by atoms with Gasteiger partial charge in [0, 0.05) is 13.1 Å². The quantitative estimate of drug-likeness (QED) is 0.642. The van der Waals surface area contributed by atoms with E-state index in [0.717, 1.165) is 23.9 Å². The lowest BCUT2D eigenvalue weighted by atomic mass is 9.87. The van der Waals surface area contributed by atoms with Crippen LogP contribution in [-0.2, 0) is 6.54 Å². The second-order valence-corrected chi connectivity index (χ2v) is 6.96. The van der Waals surface area contributed by atoms with Crippen LogP contribution in [0, 0.1) is 11.3 Å². The van der Waals surface area contributed by atoms with E-state index in [0.29, 0.717) is 11.5 Å². The highest BCUT2D eigenvalue weighted by atomic mass is 14.9. The van der Waals surface area contributed by atoms with Gasteiger partial charge in [-0.25, -0.2) is 0 Å². The lowest BCUT2D eigenvalue weighted by Crippen LogP contribution is -2.27. The van der Waals surface area contributed by atoms with Crippen molar-refractivity contribution in [3.63, 3.8) is 0 Å². The molecule has 3 aromatic rings. The summed E-state index contributed by atoms with van der Waals surface area (Å²) in [7, 11) is 0. The molecule has 2 nitrogen and oxygen atoms in total. The van der Waals surface area contributed by atoms with Gasteiger partial charge in [-0.3, -0.25) is 0 Å².